The molecule has 1 aliphatic carbocycles. The van der Waals surface area contributed by atoms with Gasteiger partial charge in [-0.2, -0.15) is 17.0 Å². The van der Waals surface area contributed by atoms with Crippen LogP contribution in [0, 0.1) is 11.3 Å². The molecule has 0 atom stereocenters. The average Bonchev–Trinajstić information content (AvgIpc) is 3.17. The predicted octanol–water partition coefficient (Wildman–Crippen LogP) is 1.31. The number of rotatable bonds is 5. The van der Waals surface area contributed by atoms with Gasteiger partial charge in [0.25, 0.3) is 0 Å². The van der Waals surface area contributed by atoms with Gasteiger partial charge in [0.05, 0.1) is 17.3 Å². The van der Waals surface area contributed by atoms with Gasteiger partial charge < -0.3 is 5.73 Å². The number of anilines is 1. The minimum atomic E-state index is -3.62. The third-order valence-corrected chi connectivity index (χ3v) is 6.15. The molecule has 1 aliphatic rings. The number of nitrogens with zero attached hydrogens (tertiary/aromatic N) is 1. The molecule has 2 rings (SSSR count). The number of nitrogen functional groups attached to an aromatic ring is 1. The van der Waals surface area contributed by atoms with Crippen molar-refractivity contribution in [3.63, 3.8) is 0 Å². The Balaban J connectivity index is 2.18. The van der Waals surface area contributed by atoms with Crippen LogP contribution in [0.25, 0.3) is 0 Å². The normalized spacial score (nSPS) is 16.8. The lowest BCUT2D eigenvalue weighted by Gasteiger charge is -2.14. The lowest BCUT2D eigenvalue weighted by Crippen LogP contribution is -2.32. The molecule has 0 amide bonds. The van der Waals surface area contributed by atoms with Gasteiger partial charge in [-0.05, 0) is 37.3 Å². The molecule has 7 heteroatoms. The molecule has 0 aromatic heterocycles. The van der Waals surface area contributed by atoms with Gasteiger partial charge in [0, 0.05) is 11.3 Å². The summed E-state index contributed by atoms with van der Waals surface area (Å²) >= 11 is 1.68. The smallest absolute Gasteiger partial charge is 0.242 e. The van der Waals surface area contributed by atoms with Gasteiger partial charge in [-0.3, -0.25) is 0 Å². The zero-order valence-corrected chi connectivity index (χ0v) is 12.1. The van der Waals surface area contributed by atoms with E-state index >= 15 is 0 Å². The number of thioether (sulfide) groups is 1. The molecule has 1 aromatic carbocycles. The van der Waals surface area contributed by atoms with E-state index in [1.807, 2.05) is 12.3 Å². The number of hydrogen-bond donors (Lipinski definition) is 2. The number of hydrogen-bond acceptors (Lipinski definition) is 5. The number of nitrogens with one attached hydrogen (secondary N) is 1. The fraction of sp³-hybridized carbons (Fsp3) is 0.417. The van der Waals surface area contributed by atoms with Gasteiger partial charge in [-0.15, -0.1) is 0 Å². The van der Waals surface area contributed by atoms with Gasteiger partial charge in [-0.25, -0.2) is 13.1 Å². The van der Waals surface area contributed by atoms with E-state index in [2.05, 4.69) is 4.72 Å². The minimum Gasteiger partial charge on any atom is -0.398 e. The Bertz CT molecular complexity index is 631. The van der Waals surface area contributed by atoms with Crippen LogP contribution in [-0.4, -0.2) is 26.0 Å². The molecular formula is C12H15N3O2S2. The maximum Gasteiger partial charge on any atom is 0.242 e. The van der Waals surface area contributed by atoms with Crippen LogP contribution >= 0.6 is 11.8 Å². The number of sulfonamides is 1. The van der Waals surface area contributed by atoms with Gasteiger partial charge in [0.2, 0.25) is 10.0 Å². The Morgan fingerprint density at radius 2 is 2.21 bits per heavy atom. The highest BCUT2D eigenvalue weighted by Gasteiger charge is 2.42. The molecule has 1 fully saturated rings. The predicted molar refractivity (Wildman–Crippen MR) is 76.2 cm³/mol. The van der Waals surface area contributed by atoms with Crippen molar-refractivity contribution in [1.82, 2.24) is 4.72 Å². The van der Waals surface area contributed by atoms with Crippen LogP contribution in [0.15, 0.2) is 23.1 Å². The van der Waals surface area contributed by atoms with E-state index in [1.54, 1.807) is 11.8 Å². The topological polar surface area (TPSA) is 96.0 Å². The molecule has 0 saturated heterocycles. The van der Waals surface area contributed by atoms with Crippen LogP contribution in [0.2, 0.25) is 0 Å². The maximum absolute atomic E-state index is 12.2. The van der Waals surface area contributed by atoms with E-state index in [9.17, 15) is 8.42 Å². The first-order valence-corrected chi connectivity index (χ1v) is 8.48. The second-order valence-corrected chi connectivity index (χ2v) is 7.59. The third kappa shape index (κ3) is 3.03. The number of nitriles is 1. The summed E-state index contributed by atoms with van der Waals surface area (Å²) in [7, 11) is -3.62. The van der Waals surface area contributed by atoms with Crippen LogP contribution in [0.4, 0.5) is 5.69 Å². The molecule has 1 saturated carbocycles. The van der Waals surface area contributed by atoms with Crippen molar-refractivity contribution in [3.05, 3.63) is 23.8 Å². The fourth-order valence-electron chi connectivity index (χ4n) is 1.76. The van der Waals surface area contributed by atoms with Crippen LogP contribution in [0.1, 0.15) is 18.4 Å². The first kappa shape index (κ1) is 14.2. The molecule has 0 unspecified atom stereocenters. The molecule has 19 heavy (non-hydrogen) atoms. The van der Waals surface area contributed by atoms with Crippen molar-refractivity contribution in [2.75, 3.05) is 18.5 Å². The molecule has 102 valence electrons. The maximum atomic E-state index is 12.2. The van der Waals surface area contributed by atoms with E-state index in [-0.39, 0.29) is 15.3 Å². The fourth-order valence-corrected chi connectivity index (χ4v) is 3.82. The first-order chi connectivity index (χ1) is 8.92. The summed E-state index contributed by atoms with van der Waals surface area (Å²) in [5.74, 6) is 0. The summed E-state index contributed by atoms with van der Waals surface area (Å²) in [6.45, 7) is 0.413. The van der Waals surface area contributed by atoms with Gasteiger partial charge in [-0.1, -0.05) is 0 Å². The molecule has 1 aromatic rings. The summed E-state index contributed by atoms with van der Waals surface area (Å²) < 4.78 is 27.0. The van der Waals surface area contributed by atoms with Gasteiger partial charge >= 0.3 is 0 Å². The van der Waals surface area contributed by atoms with E-state index in [0.29, 0.717) is 12.1 Å². The molecule has 3 N–H and O–H groups in total. The number of benzene rings is 1. The van der Waals surface area contributed by atoms with E-state index in [0.717, 1.165) is 12.8 Å². The van der Waals surface area contributed by atoms with Crippen molar-refractivity contribution in [2.45, 2.75) is 22.5 Å². The lowest BCUT2D eigenvalue weighted by molar-refractivity contribution is 0.580. The zero-order valence-electron chi connectivity index (χ0n) is 10.5. The molecule has 0 radical (unpaired) electrons. The summed E-state index contributed by atoms with van der Waals surface area (Å²) in [6, 6.07) is 6.12. The second-order valence-electron chi connectivity index (χ2n) is 4.58. The molecule has 0 heterocycles. The Hall–Kier alpha value is -1.23. The van der Waals surface area contributed by atoms with Crippen molar-refractivity contribution in [1.29, 1.82) is 5.26 Å². The van der Waals surface area contributed by atoms with Crippen LogP contribution < -0.4 is 10.5 Å². The van der Waals surface area contributed by atoms with Crippen LogP contribution in [0.5, 0.6) is 0 Å². The highest BCUT2D eigenvalue weighted by Crippen LogP contribution is 2.46. The highest BCUT2D eigenvalue weighted by atomic mass is 32.2. The van der Waals surface area contributed by atoms with E-state index < -0.39 is 10.0 Å². The van der Waals surface area contributed by atoms with E-state index in [1.165, 1.54) is 18.2 Å². The van der Waals surface area contributed by atoms with Crippen molar-refractivity contribution in [3.8, 4) is 6.07 Å². The summed E-state index contributed by atoms with van der Waals surface area (Å²) in [5, 5.41) is 8.73. The summed E-state index contributed by atoms with van der Waals surface area (Å²) in [6.07, 6.45) is 4.04. The Morgan fingerprint density at radius 1 is 1.53 bits per heavy atom. The first-order valence-electron chi connectivity index (χ1n) is 5.77. The lowest BCUT2D eigenvalue weighted by atomic mass is 10.2. The molecule has 0 spiro atoms. The Morgan fingerprint density at radius 3 is 2.68 bits per heavy atom. The van der Waals surface area contributed by atoms with Gasteiger partial charge in [0.1, 0.15) is 4.90 Å². The van der Waals surface area contributed by atoms with Gasteiger partial charge in [0.15, 0.2) is 0 Å². The van der Waals surface area contributed by atoms with Crippen LogP contribution in [-0.2, 0) is 10.0 Å². The summed E-state index contributed by atoms with van der Waals surface area (Å²) in [4.78, 5) is 0.0309. The monoisotopic (exact) mass is 297 g/mol. The molecule has 0 bridgehead atoms. The standard InChI is InChI=1S/C12H15N3O2S2/c1-18-12(4-5-12)8-15-19(16,17)11-3-2-9(7-13)6-10(11)14/h2-3,6,15H,4-5,8,14H2,1H3. The minimum absolute atomic E-state index is 0.0309. The number of nitrogens with two attached hydrogens (primary N) is 1. The van der Waals surface area contributed by atoms with E-state index in [4.69, 9.17) is 11.0 Å². The average molecular weight is 297 g/mol. The molecule has 0 aliphatic heterocycles. The molecule has 5 nitrogen and oxygen atoms in total. The largest absolute Gasteiger partial charge is 0.398 e. The molecular weight excluding hydrogens is 282 g/mol. The zero-order chi connectivity index (χ0) is 14.1. The summed E-state index contributed by atoms with van der Waals surface area (Å²) in [5.41, 5.74) is 6.14. The highest BCUT2D eigenvalue weighted by molar-refractivity contribution is 8.00. The quantitative estimate of drug-likeness (QED) is 0.799. The Kier molecular flexibility index (Phi) is 3.76. The SMILES string of the molecule is CSC1(CNS(=O)(=O)c2ccc(C#N)cc2N)CC1. The van der Waals surface area contributed by atoms with Crippen molar-refractivity contribution >= 4 is 27.5 Å². The van der Waals surface area contributed by atoms with Crippen molar-refractivity contribution < 1.29 is 8.42 Å². The Labute approximate surface area is 117 Å². The van der Waals surface area contributed by atoms with Crippen molar-refractivity contribution in [2.24, 2.45) is 0 Å². The second kappa shape index (κ2) is 5.04. The third-order valence-electron chi connectivity index (χ3n) is 3.25. The van der Waals surface area contributed by atoms with Crippen LogP contribution in [0.3, 0.4) is 0 Å².